The quantitative estimate of drug-likeness (QED) is 0.881. The lowest BCUT2D eigenvalue weighted by atomic mass is 10.2. The Labute approximate surface area is 127 Å². The Bertz CT molecular complexity index is 593. The largest absolute Gasteiger partial charge is 0.354 e. The van der Waals surface area contributed by atoms with E-state index in [1.807, 2.05) is 17.5 Å². The number of hydrogen-bond donors (Lipinski definition) is 2. The number of amides is 1. The molecule has 1 amide bonds. The molecular formula is C15H18N4OS. The van der Waals surface area contributed by atoms with E-state index in [4.69, 9.17) is 0 Å². The maximum absolute atomic E-state index is 11.9. The van der Waals surface area contributed by atoms with Crippen LogP contribution in [0.2, 0.25) is 0 Å². The van der Waals surface area contributed by atoms with Crippen LogP contribution >= 0.6 is 11.3 Å². The van der Waals surface area contributed by atoms with Crippen LogP contribution in [0.5, 0.6) is 0 Å². The summed E-state index contributed by atoms with van der Waals surface area (Å²) in [5.74, 6) is 0.110. The summed E-state index contributed by atoms with van der Waals surface area (Å²) in [5, 5.41) is 9.27. The fraction of sp³-hybridized carbons (Fsp3) is 0.400. The third-order valence-corrected chi connectivity index (χ3v) is 4.45. The number of pyridine rings is 1. The first-order valence-corrected chi connectivity index (χ1v) is 8.07. The molecule has 3 rings (SSSR count). The Morgan fingerprint density at radius 1 is 1.43 bits per heavy atom. The minimum absolute atomic E-state index is 0.00586. The van der Waals surface area contributed by atoms with E-state index in [1.165, 1.54) is 0 Å². The van der Waals surface area contributed by atoms with Crippen LogP contribution in [0.15, 0.2) is 29.9 Å². The summed E-state index contributed by atoms with van der Waals surface area (Å²) in [4.78, 5) is 20.5. The van der Waals surface area contributed by atoms with Gasteiger partial charge in [-0.05, 0) is 31.5 Å². The van der Waals surface area contributed by atoms with Crippen molar-refractivity contribution in [3.05, 3.63) is 34.9 Å². The first-order chi connectivity index (χ1) is 10.3. The van der Waals surface area contributed by atoms with Gasteiger partial charge in [0.05, 0.1) is 16.7 Å². The summed E-state index contributed by atoms with van der Waals surface area (Å²) < 4.78 is 0. The molecule has 3 heterocycles. The lowest BCUT2D eigenvalue weighted by Crippen LogP contribution is -2.41. The van der Waals surface area contributed by atoms with Gasteiger partial charge in [-0.3, -0.25) is 9.78 Å². The van der Waals surface area contributed by atoms with Crippen LogP contribution in [0.25, 0.3) is 11.3 Å². The summed E-state index contributed by atoms with van der Waals surface area (Å²) in [6, 6.07) is 3.90. The molecule has 1 aliphatic heterocycles. The molecule has 0 spiro atoms. The van der Waals surface area contributed by atoms with E-state index in [2.05, 4.69) is 20.6 Å². The molecule has 1 unspecified atom stereocenters. The number of rotatable bonds is 5. The van der Waals surface area contributed by atoms with Gasteiger partial charge in [0.15, 0.2) is 0 Å². The highest BCUT2D eigenvalue weighted by Crippen LogP contribution is 2.21. The van der Waals surface area contributed by atoms with Gasteiger partial charge in [0, 0.05) is 36.3 Å². The van der Waals surface area contributed by atoms with Gasteiger partial charge in [-0.1, -0.05) is 0 Å². The van der Waals surface area contributed by atoms with Gasteiger partial charge in [-0.15, -0.1) is 11.3 Å². The van der Waals surface area contributed by atoms with E-state index in [1.54, 1.807) is 23.7 Å². The van der Waals surface area contributed by atoms with E-state index in [9.17, 15) is 4.79 Å². The highest BCUT2D eigenvalue weighted by atomic mass is 32.1. The molecule has 2 aromatic heterocycles. The monoisotopic (exact) mass is 302 g/mol. The van der Waals surface area contributed by atoms with E-state index in [0.717, 1.165) is 42.1 Å². The summed E-state index contributed by atoms with van der Waals surface area (Å²) in [6.07, 6.45) is 6.33. The second-order valence-corrected chi connectivity index (χ2v) is 5.99. The Kier molecular flexibility index (Phi) is 4.57. The Hall–Kier alpha value is -1.79. The molecule has 5 nitrogen and oxygen atoms in total. The second kappa shape index (κ2) is 6.78. The van der Waals surface area contributed by atoms with Gasteiger partial charge in [0.1, 0.15) is 0 Å². The minimum Gasteiger partial charge on any atom is -0.354 e. The van der Waals surface area contributed by atoms with Crippen molar-refractivity contribution in [3.8, 4) is 11.3 Å². The molecule has 0 aliphatic carbocycles. The zero-order chi connectivity index (χ0) is 14.5. The minimum atomic E-state index is -0.00586. The predicted molar refractivity (Wildman–Crippen MR) is 83.1 cm³/mol. The van der Waals surface area contributed by atoms with Crippen LogP contribution in [0.4, 0.5) is 0 Å². The van der Waals surface area contributed by atoms with Gasteiger partial charge in [0.25, 0.3) is 0 Å². The van der Waals surface area contributed by atoms with E-state index in [0.29, 0.717) is 6.54 Å². The van der Waals surface area contributed by atoms with Gasteiger partial charge >= 0.3 is 0 Å². The maximum atomic E-state index is 11.9. The second-order valence-electron chi connectivity index (χ2n) is 5.05. The molecule has 2 aromatic rings. The lowest BCUT2D eigenvalue weighted by Gasteiger charge is -2.10. The molecule has 110 valence electrons. The van der Waals surface area contributed by atoms with Crippen molar-refractivity contribution in [1.82, 2.24) is 20.6 Å². The van der Waals surface area contributed by atoms with Crippen LogP contribution in [0, 0.1) is 0 Å². The molecule has 0 radical (unpaired) electrons. The van der Waals surface area contributed by atoms with Gasteiger partial charge in [-0.25, -0.2) is 4.98 Å². The smallest absolute Gasteiger partial charge is 0.237 e. The molecular weight excluding hydrogens is 284 g/mol. The molecule has 0 saturated carbocycles. The van der Waals surface area contributed by atoms with Gasteiger partial charge < -0.3 is 10.6 Å². The molecule has 1 atom stereocenters. The van der Waals surface area contributed by atoms with Crippen molar-refractivity contribution in [2.24, 2.45) is 0 Å². The Morgan fingerprint density at radius 2 is 2.29 bits per heavy atom. The standard InChI is InChI=1S/C15H18N4OS/c20-15(12-2-1-6-17-12)18-9-5-14-19-13(10-21-14)11-3-7-16-8-4-11/h3-4,7-8,10,12,17H,1-2,5-6,9H2,(H,18,20). The zero-order valence-corrected chi connectivity index (χ0v) is 12.5. The van der Waals surface area contributed by atoms with E-state index >= 15 is 0 Å². The number of nitrogens with one attached hydrogen (secondary N) is 2. The maximum Gasteiger partial charge on any atom is 0.237 e. The molecule has 21 heavy (non-hydrogen) atoms. The first-order valence-electron chi connectivity index (χ1n) is 7.19. The van der Waals surface area contributed by atoms with Crippen LogP contribution in [0.3, 0.4) is 0 Å². The van der Waals surface area contributed by atoms with E-state index in [-0.39, 0.29) is 11.9 Å². The number of aromatic nitrogens is 2. The third kappa shape index (κ3) is 3.65. The zero-order valence-electron chi connectivity index (χ0n) is 11.7. The first kappa shape index (κ1) is 14.2. The molecule has 0 bridgehead atoms. The van der Waals surface area contributed by atoms with Crippen molar-refractivity contribution in [2.75, 3.05) is 13.1 Å². The van der Waals surface area contributed by atoms with E-state index < -0.39 is 0 Å². The van der Waals surface area contributed by atoms with Crippen LogP contribution in [-0.2, 0) is 11.2 Å². The number of nitrogens with zero attached hydrogens (tertiary/aromatic N) is 2. The SMILES string of the molecule is O=C(NCCc1nc(-c2ccncc2)cs1)C1CCCN1. The lowest BCUT2D eigenvalue weighted by molar-refractivity contribution is -0.122. The number of thiazole rings is 1. The molecule has 1 fully saturated rings. The molecule has 1 aliphatic rings. The van der Waals surface area contributed by atoms with Gasteiger partial charge in [-0.2, -0.15) is 0 Å². The molecule has 6 heteroatoms. The predicted octanol–water partition coefficient (Wildman–Crippen LogP) is 1.62. The van der Waals surface area contributed by atoms with Crippen LogP contribution in [-0.4, -0.2) is 35.0 Å². The van der Waals surface area contributed by atoms with Crippen LogP contribution < -0.4 is 10.6 Å². The van der Waals surface area contributed by atoms with Crippen molar-refractivity contribution in [2.45, 2.75) is 25.3 Å². The van der Waals surface area contributed by atoms with Crippen molar-refractivity contribution >= 4 is 17.2 Å². The summed E-state index contributed by atoms with van der Waals surface area (Å²) in [7, 11) is 0. The normalized spacial score (nSPS) is 17.8. The van der Waals surface area contributed by atoms with Crippen molar-refractivity contribution < 1.29 is 4.79 Å². The van der Waals surface area contributed by atoms with Gasteiger partial charge in [0.2, 0.25) is 5.91 Å². The number of carbonyl (C=O) groups is 1. The molecule has 2 N–H and O–H groups in total. The van der Waals surface area contributed by atoms with Crippen molar-refractivity contribution in [1.29, 1.82) is 0 Å². The number of carbonyl (C=O) groups excluding carboxylic acids is 1. The summed E-state index contributed by atoms with van der Waals surface area (Å²) >= 11 is 1.63. The molecule has 1 saturated heterocycles. The highest BCUT2D eigenvalue weighted by molar-refractivity contribution is 7.09. The highest BCUT2D eigenvalue weighted by Gasteiger charge is 2.21. The van der Waals surface area contributed by atoms with Crippen LogP contribution in [0.1, 0.15) is 17.8 Å². The summed E-state index contributed by atoms with van der Waals surface area (Å²) in [6.45, 7) is 1.58. The molecule has 0 aromatic carbocycles. The fourth-order valence-electron chi connectivity index (χ4n) is 2.41. The Morgan fingerprint density at radius 3 is 3.05 bits per heavy atom. The number of hydrogen-bond acceptors (Lipinski definition) is 5. The topological polar surface area (TPSA) is 66.9 Å². The summed E-state index contributed by atoms with van der Waals surface area (Å²) in [5.41, 5.74) is 2.05. The average Bonchev–Trinajstić information content (AvgIpc) is 3.20. The average molecular weight is 302 g/mol. The van der Waals surface area contributed by atoms with Crippen molar-refractivity contribution in [3.63, 3.8) is 0 Å². The third-order valence-electron chi connectivity index (χ3n) is 3.54. The Balaban J connectivity index is 1.50. The fourth-order valence-corrected chi connectivity index (χ4v) is 3.21.